The van der Waals surface area contributed by atoms with Gasteiger partial charge in [0.05, 0.1) is 12.5 Å². The van der Waals surface area contributed by atoms with E-state index >= 15 is 0 Å². The van der Waals surface area contributed by atoms with Gasteiger partial charge in [0.15, 0.2) is 0 Å². The Bertz CT molecular complexity index is 190. The highest BCUT2D eigenvalue weighted by molar-refractivity contribution is 5.77. The predicted molar refractivity (Wildman–Crippen MR) is 57.0 cm³/mol. The molecule has 0 atom stereocenters. The molecule has 0 unspecified atom stereocenters. The molecule has 82 valence electrons. The Morgan fingerprint density at radius 2 is 1.93 bits per heavy atom. The molecule has 2 heteroatoms. The van der Waals surface area contributed by atoms with Gasteiger partial charge in [-0.15, -0.1) is 0 Å². The zero-order valence-corrected chi connectivity index (χ0v) is 9.64. The van der Waals surface area contributed by atoms with E-state index < -0.39 is 0 Å². The first-order valence-corrected chi connectivity index (χ1v) is 5.69. The molecule has 0 heterocycles. The number of rotatable bonds is 4. The Balaban J connectivity index is 2.57. The molecule has 0 aromatic rings. The van der Waals surface area contributed by atoms with Crippen molar-refractivity contribution < 1.29 is 9.53 Å². The average Bonchev–Trinajstić information content (AvgIpc) is 2.63. The van der Waals surface area contributed by atoms with Gasteiger partial charge in [0.1, 0.15) is 0 Å². The molecule has 1 aliphatic carbocycles. The Morgan fingerprint density at radius 1 is 1.36 bits per heavy atom. The van der Waals surface area contributed by atoms with E-state index in [9.17, 15) is 4.79 Å². The Labute approximate surface area is 87.0 Å². The molecule has 1 aliphatic rings. The number of carbonyl (C=O) groups is 1. The topological polar surface area (TPSA) is 26.3 Å². The summed E-state index contributed by atoms with van der Waals surface area (Å²) in [5.74, 6) is 0.702. The van der Waals surface area contributed by atoms with E-state index in [2.05, 4.69) is 13.8 Å². The van der Waals surface area contributed by atoms with E-state index in [1.165, 1.54) is 20.0 Å². The van der Waals surface area contributed by atoms with Gasteiger partial charge in [-0.2, -0.15) is 0 Å². The molecule has 1 fully saturated rings. The molecule has 0 N–H and O–H groups in total. The van der Waals surface area contributed by atoms with Gasteiger partial charge in [-0.05, 0) is 31.6 Å². The molecular formula is C12H22O2. The van der Waals surface area contributed by atoms with Crippen LogP contribution in [0.15, 0.2) is 0 Å². The molecule has 2 nitrogen and oxygen atoms in total. The zero-order valence-electron chi connectivity index (χ0n) is 9.64. The second kappa shape index (κ2) is 4.81. The van der Waals surface area contributed by atoms with Crippen LogP contribution in [0, 0.1) is 11.3 Å². The minimum atomic E-state index is -0.126. The van der Waals surface area contributed by atoms with Crippen LogP contribution in [0.25, 0.3) is 0 Å². The Morgan fingerprint density at radius 3 is 2.36 bits per heavy atom. The molecule has 0 aromatic heterocycles. The normalized spacial score (nSPS) is 20.0. The van der Waals surface area contributed by atoms with Crippen LogP contribution in [0.4, 0.5) is 0 Å². The molecule has 1 rings (SSSR count). The molecule has 14 heavy (non-hydrogen) atoms. The summed E-state index contributed by atoms with van der Waals surface area (Å²) in [5, 5.41) is 0. The highest BCUT2D eigenvalue weighted by Gasteiger charge is 2.41. The van der Waals surface area contributed by atoms with Crippen LogP contribution in [0.5, 0.6) is 0 Å². The fourth-order valence-electron chi connectivity index (χ4n) is 2.39. The maximum atomic E-state index is 11.7. The van der Waals surface area contributed by atoms with Gasteiger partial charge >= 0.3 is 5.97 Å². The SMILES string of the molecule is COC(=O)C1(CCC(C)C)CCCC1. The third-order valence-electron chi connectivity index (χ3n) is 3.38. The van der Waals surface area contributed by atoms with Gasteiger partial charge in [0.25, 0.3) is 0 Å². The number of esters is 1. The second-order valence-electron chi connectivity index (χ2n) is 4.91. The van der Waals surface area contributed by atoms with Gasteiger partial charge in [-0.1, -0.05) is 26.7 Å². The number of methoxy groups -OCH3 is 1. The van der Waals surface area contributed by atoms with Crippen LogP contribution in [0.1, 0.15) is 52.4 Å². The smallest absolute Gasteiger partial charge is 0.311 e. The third-order valence-corrected chi connectivity index (χ3v) is 3.38. The van der Waals surface area contributed by atoms with Gasteiger partial charge in [-0.3, -0.25) is 4.79 Å². The highest BCUT2D eigenvalue weighted by atomic mass is 16.5. The molecule has 0 amide bonds. The first-order chi connectivity index (χ1) is 6.60. The molecule has 0 radical (unpaired) electrons. The lowest BCUT2D eigenvalue weighted by atomic mass is 9.80. The summed E-state index contributed by atoms with van der Waals surface area (Å²) in [4.78, 5) is 11.7. The van der Waals surface area contributed by atoms with Crippen molar-refractivity contribution in [2.75, 3.05) is 7.11 Å². The fraction of sp³-hybridized carbons (Fsp3) is 0.917. The fourth-order valence-corrected chi connectivity index (χ4v) is 2.39. The lowest BCUT2D eigenvalue weighted by molar-refractivity contribution is -0.153. The summed E-state index contributed by atoms with van der Waals surface area (Å²) in [5.41, 5.74) is -0.126. The number of carbonyl (C=O) groups excluding carboxylic acids is 1. The number of hydrogen-bond donors (Lipinski definition) is 0. The van der Waals surface area contributed by atoms with Crippen molar-refractivity contribution in [3.05, 3.63) is 0 Å². The maximum Gasteiger partial charge on any atom is 0.311 e. The van der Waals surface area contributed by atoms with E-state index in [1.54, 1.807) is 0 Å². The number of hydrogen-bond acceptors (Lipinski definition) is 2. The molecule has 1 saturated carbocycles. The summed E-state index contributed by atoms with van der Waals surface area (Å²) in [6.07, 6.45) is 6.59. The third kappa shape index (κ3) is 2.49. The largest absolute Gasteiger partial charge is 0.469 e. The van der Waals surface area contributed by atoms with Gasteiger partial charge < -0.3 is 4.74 Å². The second-order valence-corrected chi connectivity index (χ2v) is 4.91. The summed E-state index contributed by atoms with van der Waals surface area (Å²) in [6.45, 7) is 4.42. The van der Waals surface area contributed by atoms with Gasteiger partial charge in [0, 0.05) is 0 Å². The van der Waals surface area contributed by atoms with E-state index in [0.717, 1.165) is 25.7 Å². The molecule has 0 saturated heterocycles. The van der Waals surface area contributed by atoms with Crippen LogP contribution in [-0.4, -0.2) is 13.1 Å². The van der Waals surface area contributed by atoms with Crippen LogP contribution in [0.3, 0.4) is 0 Å². The van der Waals surface area contributed by atoms with E-state index in [4.69, 9.17) is 4.74 Å². The number of ether oxygens (including phenoxy) is 1. The first kappa shape index (κ1) is 11.5. The van der Waals surface area contributed by atoms with Crippen molar-refractivity contribution in [1.29, 1.82) is 0 Å². The van der Waals surface area contributed by atoms with Crippen molar-refractivity contribution >= 4 is 5.97 Å². The van der Waals surface area contributed by atoms with Gasteiger partial charge in [0.2, 0.25) is 0 Å². The van der Waals surface area contributed by atoms with Crippen LogP contribution in [0.2, 0.25) is 0 Å². The quantitative estimate of drug-likeness (QED) is 0.649. The summed E-state index contributed by atoms with van der Waals surface area (Å²) < 4.78 is 4.93. The van der Waals surface area contributed by atoms with Crippen LogP contribution >= 0.6 is 0 Å². The van der Waals surface area contributed by atoms with Crippen molar-refractivity contribution in [2.45, 2.75) is 52.4 Å². The summed E-state index contributed by atoms with van der Waals surface area (Å²) >= 11 is 0. The molecular weight excluding hydrogens is 176 g/mol. The molecule has 0 bridgehead atoms. The standard InChI is InChI=1S/C12H22O2/c1-10(2)6-9-12(11(13)14-3)7-4-5-8-12/h10H,4-9H2,1-3H3. The first-order valence-electron chi connectivity index (χ1n) is 5.69. The lowest BCUT2D eigenvalue weighted by Gasteiger charge is -2.26. The van der Waals surface area contributed by atoms with Crippen molar-refractivity contribution in [1.82, 2.24) is 0 Å². The van der Waals surface area contributed by atoms with Crippen LogP contribution in [-0.2, 0) is 9.53 Å². The Kier molecular flexibility index (Phi) is 3.97. The predicted octanol–water partition coefficient (Wildman–Crippen LogP) is 3.16. The lowest BCUT2D eigenvalue weighted by Crippen LogP contribution is -2.29. The molecule has 0 spiro atoms. The minimum absolute atomic E-state index is 0.0238. The molecule has 0 aromatic carbocycles. The monoisotopic (exact) mass is 198 g/mol. The minimum Gasteiger partial charge on any atom is -0.469 e. The van der Waals surface area contributed by atoms with Gasteiger partial charge in [-0.25, -0.2) is 0 Å². The molecule has 0 aliphatic heterocycles. The summed E-state index contributed by atoms with van der Waals surface area (Å²) in [7, 11) is 1.51. The summed E-state index contributed by atoms with van der Waals surface area (Å²) in [6, 6.07) is 0. The highest BCUT2D eigenvalue weighted by Crippen LogP contribution is 2.43. The maximum absolute atomic E-state index is 11.7. The van der Waals surface area contributed by atoms with E-state index in [1.807, 2.05) is 0 Å². The van der Waals surface area contributed by atoms with E-state index in [0.29, 0.717) is 5.92 Å². The van der Waals surface area contributed by atoms with Crippen molar-refractivity contribution in [3.8, 4) is 0 Å². The average molecular weight is 198 g/mol. The van der Waals surface area contributed by atoms with Crippen LogP contribution < -0.4 is 0 Å². The Hall–Kier alpha value is -0.530. The van der Waals surface area contributed by atoms with Crippen molar-refractivity contribution in [2.24, 2.45) is 11.3 Å². The zero-order chi connectivity index (χ0) is 10.6. The van der Waals surface area contributed by atoms with E-state index in [-0.39, 0.29) is 11.4 Å². The van der Waals surface area contributed by atoms with Crippen molar-refractivity contribution in [3.63, 3.8) is 0 Å².